The van der Waals surface area contributed by atoms with Crippen molar-refractivity contribution in [1.29, 1.82) is 0 Å². The number of fused-ring (bicyclic) bond motifs is 1. The Morgan fingerprint density at radius 1 is 1.25 bits per heavy atom. The van der Waals surface area contributed by atoms with Crippen LogP contribution in [0.3, 0.4) is 0 Å². The van der Waals surface area contributed by atoms with Gasteiger partial charge in [-0.15, -0.1) is 11.3 Å². The van der Waals surface area contributed by atoms with Crippen molar-refractivity contribution in [3.63, 3.8) is 0 Å². The van der Waals surface area contributed by atoms with Gasteiger partial charge in [-0.1, -0.05) is 18.2 Å². The summed E-state index contributed by atoms with van der Waals surface area (Å²) in [5.41, 5.74) is 0.648. The van der Waals surface area contributed by atoms with E-state index in [1.165, 1.54) is 22.6 Å². The normalized spacial score (nSPS) is 20.5. The molecule has 28 heavy (non-hydrogen) atoms. The zero-order chi connectivity index (χ0) is 19.5. The number of ether oxygens (including phenoxy) is 1. The van der Waals surface area contributed by atoms with Crippen LogP contribution in [0.5, 0.6) is 5.75 Å². The minimum Gasteiger partial charge on any atom is -0.479 e. The molecule has 2 aliphatic rings. The lowest BCUT2D eigenvalue weighted by atomic mass is 10.2. The van der Waals surface area contributed by atoms with Gasteiger partial charge in [0.2, 0.25) is 5.91 Å². The van der Waals surface area contributed by atoms with Gasteiger partial charge in [-0.05, 0) is 56.4 Å². The third kappa shape index (κ3) is 3.91. The van der Waals surface area contributed by atoms with Gasteiger partial charge < -0.3 is 10.1 Å². The lowest BCUT2D eigenvalue weighted by Crippen LogP contribution is -2.49. The fourth-order valence-corrected chi connectivity index (χ4v) is 4.74. The Hall–Kier alpha value is -2.38. The first-order chi connectivity index (χ1) is 13.6. The Kier molecular flexibility index (Phi) is 5.64. The second-order valence-electron chi connectivity index (χ2n) is 7.23. The van der Waals surface area contributed by atoms with Gasteiger partial charge in [0, 0.05) is 11.4 Å². The van der Waals surface area contributed by atoms with Crippen molar-refractivity contribution in [3.8, 4) is 5.75 Å². The summed E-state index contributed by atoms with van der Waals surface area (Å²) >= 11 is 1.72. The number of para-hydroxylation sites is 2. The molecule has 0 saturated carbocycles. The van der Waals surface area contributed by atoms with E-state index in [-0.39, 0.29) is 24.4 Å². The predicted octanol–water partition coefficient (Wildman–Crippen LogP) is 2.82. The number of hydrogen-bond donors (Lipinski definition) is 1. The molecule has 1 saturated heterocycles. The standard InChI is InChI=1S/C21H25N3O3S/c1-15-21(26)24(16-7-2-3-8-18(16)27-15)14-20(25)22-13-17(19-9-6-12-28-19)23-10-4-5-11-23/h2-3,6-9,12,15,17H,4-5,10-11,13-14H2,1H3,(H,22,25). The minimum atomic E-state index is -0.592. The maximum Gasteiger partial charge on any atom is 0.268 e. The number of nitrogens with zero attached hydrogens (tertiary/aromatic N) is 2. The Balaban J connectivity index is 1.43. The van der Waals surface area contributed by atoms with Crippen LogP contribution >= 0.6 is 11.3 Å². The van der Waals surface area contributed by atoms with E-state index >= 15 is 0 Å². The number of rotatable bonds is 6. The van der Waals surface area contributed by atoms with Gasteiger partial charge in [-0.25, -0.2) is 0 Å². The summed E-state index contributed by atoms with van der Waals surface area (Å²) in [7, 11) is 0. The molecule has 0 bridgehead atoms. The molecule has 2 amide bonds. The Bertz CT molecular complexity index is 833. The zero-order valence-electron chi connectivity index (χ0n) is 16.0. The van der Waals surface area contributed by atoms with Gasteiger partial charge in [-0.2, -0.15) is 0 Å². The first-order valence-corrected chi connectivity index (χ1v) is 10.6. The van der Waals surface area contributed by atoms with Gasteiger partial charge >= 0.3 is 0 Å². The largest absolute Gasteiger partial charge is 0.479 e. The van der Waals surface area contributed by atoms with Crippen LogP contribution in [0.1, 0.15) is 30.7 Å². The molecule has 3 heterocycles. The van der Waals surface area contributed by atoms with Crippen LogP contribution < -0.4 is 15.0 Å². The number of carbonyl (C=O) groups excluding carboxylic acids is 2. The Morgan fingerprint density at radius 3 is 2.79 bits per heavy atom. The van der Waals surface area contributed by atoms with Crippen LogP contribution in [0.25, 0.3) is 0 Å². The summed E-state index contributed by atoms with van der Waals surface area (Å²) in [5.74, 6) is 0.289. The van der Waals surface area contributed by atoms with Crippen LogP contribution in [0.4, 0.5) is 5.69 Å². The SMILES string of the molecule is CC1Oc2ccccc2N(CC(=O)NCC(c2cccs2)N2CCCC2)C1=O. The van der Waals surface area contributed by atoms with E-state index in [1.807, 2.05) is 24.3 Å². The summed E-state index contributed by atoms with van der Waals surface area (Å²) in [6, 6.07) is 11.7. The van der Waals surface area contributed by atoms with Crippen molar-refractivity contribution in [1.82, 2.24) is 10.2 Å². The lowest BCUT2D eigenvalue weighted by molar-refractivity contribution is -0.128. The molecule has 0 aliphatic carbocycles. The molecule has 1 N–H and O–H groups in total. The van der Waals surface area contributed by atoms with E-state index in [4.69, 9.17) is 4.74 Å². The van der Waals surface area contributed by atoms with Crippen molar-refractivity contribution >= 4 is 28.8 Å². The second kappa shape index (κ2) is 8.32. The van der Waals surface area contributed by atoms with Crippen molar-refractivity contribution in [2.75, 3.05) is 31.1 Å². The zero-order valence-corrected chi connectivity index (χ0v) is 16.8. The molecule has 1 aromatic carbocycles. The molecule has 148 valence electrons. The number of anilines is 1. The average molecular weight is 400 g/mol. The number of nitrogens with one attached hydrogen (secondary N) is 1. The maximum absolute atomic E-state index is 12.7. The summed E-state index contributed by atoms with van der Waals surface area (Å²) in [5, 5.41) is 5.13. The van der Waals surface area contributed by atoms with E-state index < -0.39 is 6.10 Å². The van der Waals surface area contributed by atoms with Crippen LogP contribution in [0.15, 0.2) is 41.8 Å². The van der Waals surface area contributed by atoms with E-state index in [1.54, 1.807) is 18.3 Å². The van der Waals surface area contributed by atoms with Crippen LogP contribution in [-0.2, 0) is 9.59 Å². The van der Waals surface area contributed by atoms with Gasteiger partial charge in [0.15, 0.2) is 6.10 Å². The number of hydrogen-bond acceptors (Lipinski definition) is 5. The summed E-state index contributed by atoms with van der Waals surface area (Å²) in [4.78, 5) is 30.5. The maximum atomic E-state index is 12.7. The number of likely N-dealkylation sites (tertiary alicyclic amines) is 1. The molecule has 2 unspecified atom stereocenters. The number of thiophene rings is 1. The highest BCUT2D eigenvalue weighted by molar-refractivity contribution is 7.10. The lowest BCUT2D eigenvalue weighted by Gasteiger charge is -2.33. The molecule has 0 spiro atoms. The first kappa shape index (κ1) is 19.0. The van der Waals surface area contributed by atoms with Gasteiger partial charge in [-0.3, -0.25) is 19.4 Å². The topological polar surface area (TPSA) is 61.9 Å². The predicted molar refractivity (Wildman–Crippen MR) is 110 cm³/mol. The van der Waals surface area contributed by atoms with Crippen molar-refractivity contribution < 1.29 is 14.3 Å². The Morgan fingerprint density at radius 2 is 2.04 bits per heavy atom. The molecule has 2 atom stereocenters. The molecule has 4 rings (SSSR count). The first-order valence-electron chi connectivity index (χ1n) is 9.74. The van der Waals surface area contributed by atoms with Gasteiger partial charge in [0.25, 0.3) is 5.91 Å². The monoisotopic (exact) mass is 399 g/mol. The Labute approximate surface area is 169 Å². The molecule has 2 aromatic rings. The van der Waals surface area contributed by atoms with Gasteiger partial charge in [0.1, 0.15) is 12.3 Å². The molecular formula is C21H25N3O3S. The van der Waals surface area contributed by atoms with Crippen LogP contribution in [0.2, 0.25) is 0 Å². The minimum absolute atomic E-state index is 0.000702. The fourth-order valence-electron chi connectivity index (χ4n) is 3.88. The molecular weight excluding hydrogens is 374 g/mol. The quantitative estimate of drug-likeness (QED) is 0.811. The van der Waals surface area contributed by atoms with E-state index in [2.05, 4.69) is 27.7 Å². The number of benzene rings is 1. The number of carbonyl (C=O) groups is 2. The summed E-state index contributed by atoms with van der Waals surface area (Å²) in [6.45, 7) is 4.38. The van der Waals surface area contributed by atoms with Crippen molar-refractivity contribution in [2.24, 2.45) is 0 Å². The fraction of sp³-hybridized carbons (Fsp3) is 0.429. The highest BCUT2D eigenvalue weighted by Gasteiger charge is 2.33. The van der Waals surface area contributed by atoms with Gasteiger partial charge in [0.05, 0.1) is 11.7 Å². The van der Waals surface area contributed by atoms with E-state index in [9.17, 15) is 9.59 Å². The molecule has 6 nitrogen and oxygen atoms in total. The second-order valence-corrected chi connectivity index (χ2v) is 8.21. The molecule has 0 radical (unpaired) electrons. The highest BCUT2D eigenvalue weighted by Crippen LogP contribution is 2.33. The van der Waals surface area contributed by atoms with Crippen molar-refractivity contribution in [3.05, 3.63) is 46.7 Å². The third-order valence-electron chi connectivity index (χ3n) is 5.32. The molecule has 1 fully saturated rings. The van der Waals surface area contributed by atoms with Crippen LogP contribution in [0, 0.1) is 0 Å². The smallest absolute Gasteiger partial charge is 0.268 e. The number of amides is 2. The molecule has 7 heteroatoms. The summed E-state index contributed by atoms with van der Waals surface area (Å²) < 4.78 is 5.64. The van der Waals surface area contributed by atoms with Crippen LogP contribution in [-0.4, -0.2) is 49.0 Å². The molecule has 1 aromatic heterocycles. The van der Waals surface area contributed by atoms with E-state index in [0.29, 0.717) is 18.0 Å². The third-order valence-corrected chi connectivity index (χ3v) is 6.29. The molecule has 2 aliphatic heterocycles. The highest BCUT2D eigenvalue weighted by atomic mass is 32.1. The van der Waals surface area contributed by atoms with Crippen molar-refractivity contribution in [2.45, 2.75) is 31.9 Å². The van der Waals surface area contributed by atoms with E-state index in [0.717, 1.165) is 13.1 Å². The average Bonchev–Trinajstić information content (AvgIpc) is 3.40. The summed E-state index contributed by atoms with van der Waals surface area (Å²) in [6.07, 6.45) is 1.81.